The Morgan fingerprint density at radius 2 is 2.26 bits per heavy atom. The van der Waals surface area contributed by atoms with Crippen molar-refractivity contribution in [2.45, 2.75) is 38.8 Å². The summed E-state index contributed by atoms with van der Waals surface area (Å²) in [6.07, 6.45) is 2.94. The summed E-state index contributed by atoms with van der Waals surface area (Å²) in [5.41, 5.74) is 2.34. The third-order valence-electron chi connectivity index (χ3n) is 3.67. The van der Waals surface area contributed by atoms with Crippen LogP contribution >= 0.6 is 0 Å². The number of fused-ring (bicyclic) bond motifs is 1. The third-order valence-corrected chi connectivity index (χ3v) is 3.67. The van der Waals surface area contributed by atoms with Crippen molar-refractivity contribution in [1.82, 2.24) is 10.3 Å². The highest BCUT2D eigenvalue weighted by molar-refractivity contribution is 5.24. The molecule has 2 aromatic heterocycles. The summed E-state index contributed by atoms with van der Waals surface area (Å²) in [6.45, 7) is 2.72. The van der Waals surface area contributed by atoms with Gasteiger partial charge in [-0.2, -0.15) is 0 Å². The highest BCUT2D eigenvalue weighted by Gasteiger charge is 2.18. The minimum atomic E-state index is -0.00350. The van der Waals surface area contributed by atoms with E-state index in [9.17, 15) is 4.79 Å². The number of H-pyrrole nitrogens is 1. The third kappa shape index (κ3) is 2.79. The van der Waals surface area contributed by atoms with Crippen LogP contribution in [0.3, 0.4) is 0 Å². The first-order valence-electron chi connectivity index (χ1n) is 6.70. The maximum absolute atomic E-state index is 11.3. The van der Waals surface area contributed by atoms with Crippen molar-refractivity contribution >= 4 is 0 Å². The van der Waals surface area contributed by atoms with Crippen LogP contribution in [0.15, 0.2) is 33.5 Å². The number of rotatable bonds is 3. The summed E-state index contributed by atoms with van der Waals surface area (Å²) in [6, 6.07) is 7.99. The molecule has 100 valence electrons. The van der Waals surface area contributed by atoms with Crippen LogP contribution in [-0.4, -0.2) is 11.0 Å². The van der Waals surface area contributed by atoms with Gasteiger partial charge in [-0.15, -0.1) is 0 Å². The summed E-state index contributed by atoms with van der Waals surface area (Å²) in [4.78, 5) is 14.2. The topological polar surface area (TPSA) is 58.0 Å². The zero-order valence-electron chi connectivity index (χ0n) is 11.0. The zero-order chi connectivity index (χ0) is 13.2. The number of pyridine rings is 1. The minimum absolute atomic E-state index is 0.00350. The van der Waals surface area contributed by atoms with Crippen molar-refractivity contribution in [3.8, 4) is 0 Å². The molecular weight excluding hydrogens is 240 g/mol. The van der Waals surface area contributed by atoms with Crippen LogP contribution in [0.2, 0.25) is 0 Å². The Morgan fingerprint density at radius 1 is 1.37 bits per heavy atom. The van der Waals surface area contributed by atoms with Gasteiger partial charge in [0, 0.05) is 17.8 Å². The van der Waals surface area contributed by atoms with E-state index in [2.05, 4.69) is 10.3 Å². The van der Waals surface area contributed by atoms with Crippen LogP contribution in [0.1, 0.15) is 29.2 Å². The molecular formula is C15H18N2O2. The van der Waals surface area contributed by atoms with Gasteiger partial charge < -0.3 is 14.7 Å². The van der Waals surface area contributed by atoms with Gasteiger partial charge in [0.25, 0.3) is 0 Å². The first kappa shape index (κ1) is 12.2. The van der Waals surface area contributed by atoms with Crippen molar-refractivity contribution in [1.29, 1.82) is 0 Å². The van der Waals surface area contributed by atoms with E-state index in [0.29, 0.717) is 6.04 Å². The molecule has 1 aliphatic carbocycles. The van der Waals surface area contributed by atoms with Crippen LogP contribution in [0.25, 0.3) is 0 Å². The molecule has 0 saturated heterocycles. The number of hydrogen-bond acceptors (Lipinski definition) is 3. The number of aromatic nitrogens is 1. The SMILES string of the molecule is Cc1ccc(CNC2CCc3[nH]c(=O)ccc3C2)o1. The predicted molar refractivity (Wildman–Crippen MR) is 73.2 cm³/mol. The largest absolute Gasteiger partial charge is 0.465 e. The Hall–Kier alpha value is -1.81. The van der Waals surface area contributed by atoms with Gasteiger partial charge in [0.05, 0.1) is 6.54 Å². The molecule has 0 spiro atoms. The Balaban J connectivity index is 1.62. The van der Waals surface area contributed by atoms with E-state index in [4.69, 9.17) is 4.42 Å². The van der Waals surface area contributed by atoms with Crippen molar-refractivity contribution in [3.05, 3.63) is 57.4 Å². The van der Waals surface area contributed by atoms with Crippen LogP contribution in [0.5, 0.6) is 0 Å². The lowest BCUT2D eigenvalue weighted by Crippen LogP contribution is -2.35. The molecule has 0 aliphatic heterocycles. The molecule has 3 rings (SSSR count). The van der Waals surface area contributed by atoms with Crippen molar-refractivity contribution in [3.63, 3.8) is 0 Å². The second-order valence-electron chi connectivity index (χ2n) is 5.16. The number of furan rings is 1. The van der Waals surface area contributed by atoms with Crippen LogP contribution in [-0.2, 0) is 19.4 Å². The van der Waals surface area contributed by atoms with Gasteiger partial charge in [0.2, 0.25) is 5.56 Å². The molecule has 0 aromatic carbocycles. The molecule has 1 unspecified atom stereocenters. The Bertz CT molecular complexity index is 627. The van der Waals surface area contributed by atoms with Crippen molar-refractivity contribution < 1.29 is 4.42 Å². The van der Waals surface area contributed by atoms with E-state index in [0.717, 1.165) is 43.0 Å². The fraction of sp³-hybridized carbons (Fsp3) is 0.400. The monoisotopic (exact) mass is 258 g/mol. The quantitative estimate of drug-likeness (QED) is 0.884. The van der Waals surface area contributed by atoms with Crippen LogP contribution < -0.4 is 10.9 Å². The fourth-order valence-corrected chi connectivity index (χ4v) is 2.65. The number of aromatic amines is 1. The first-order chi connectivity index (χ1) is 9.20. The average Bonchev–Trinajstić information content (AvgIpc) is 2.82. The Kier molecular flexibility index (Phi) is 3.25. The molecule has 2 heterocycles. The van der Waals surface area contributed by atoms with Crippen LogP contribution in [0.4, 0.5) is 0 Å². The van der Waals surface area contributed by atoms with E-state index in [-0.39, 0.29) is 5.56 Å². The molecule has 2 aromatic rings. The van der Waals surface area contributed by atoms with Crippen molar-refractivity contribution in [2.75, 3.05) is 0 Å². The molecule has 4 heteroatoms. The summed E-state index contributed by atoms with van der Waals surface area (Å²) >= 11 is 0. The van der Waals surface area contributed by atoms with Gasteiger partial charge in [0.1, 0.15) is 11.5 Å². The molecule has 0 radical (unpaired) electrons. The van der Waals surface area contributed by atoms with Gasteiger partial charge in [-0.05, 0) is 43.9 Å². The van der Waals surface area contributed by atoms with Crippen molar-refractivity contribution in [2.24, 2.45) is 0 Å². The van der Waals surface area contributed by atoms with E-state index in [1.807, 2.05) is 25.1 Å². The predicted octanol–water partition coefficient (Wildman–Crippen LogP) is 1.92. The molecule has 2 N–H and O–H groups in total. The molecule has 0 saturated carbocycles. The molecule has 19 heavy (non-hydrogen) atoms. The van der Waals surface area contributed by atoms with Gasteiger partial charge in [0.15, 0.2) is 0 Å². The van der Waals surface area contributed by atoms with Gasteiger partial charge in [-0.1, -0.05) is 6.07 Å². The van der Waals surface area contributed by atoms with Crippen LogP contribution in [0, 0.1) is 6.92 Å². The lowest BCUT2D eigenvalue weighted by Gasteiger charge is -2.24. The van der Waals surface area contributed by atoms with E-state index >= 15 is 0 Å². The highest BCUT2D eigenvalue weighted by atomic mass is 16.3. The molecule has 1 aliphatic rings. The highest BCUT2D eigenvalue weighted by Crippen LogP contribution is 2.18. The normalized spacial score (nSPS) is 18.3. The van der Waals surface area contributed by atoms with E-state index in [1.165, 1.54) is 5.56 Å². The molecule has 0 amide bonds. The summed E-state index contributed by atoms with van der Waals surface area (Å²) in [5.74, 6) is 1.92. The first-order valence-corrected chi connectivity index (χ1v) is 6.70. The number of nitrogens with one attached hydrogen (secondary N) is 2. The van der Waals surface area contributed by atoms with Gasteiger partial charge in [-0.25, -0.2) is 0 Å². The molecule has 0 fully saturated rings. The number of hydrogen-bond donors (Lipinski definition) is 2. The van der Waals surface area contributed by atoms with Gasteiger partial charge in [-0.3, -0.25) is 4.79 Å². The molecule has 1 atom stereocenters. The second-order valence-corrected chi connectivity index (χ2v) is 5.16. The summed E-state index contributed by atoms with van der Waals surface area (Å²) < 4.78 is 5.55. The lowest BCUT2D eigenvalue weighted by molar-refractivity contribution is 0.406. The second kappa shape index (κ2) is 5.05. The number of aryl methyl sites for hydroxylation is 2. The zero-order valence-corrected chi connectivity index (χ0v) is 11.0. The summed E-state index contributed by atoms with van der Waals surface area (Å²) in [5, 5.41) is 3.52. The Morgan fingerprint density at radius 3 is 3.05 bits per heavy atom. The average molecular weight is 258 g/mol. The fourth-order valence-electron chi connectivity index (χ4n) is 2.65. The maximum atomic E-state index is 11.3. The standard InChI is InChI=1S/C15H18N2O2/c1-10-2-5-13(19-10)9-16-12-4-6-14-11(8-12)3-7-15(18)17-14/h2-3,5,7,12,16H,4,6,8-9H2,1H3,(H,17,18). The maximum Gasteiger partial charge on any atom is 0.248 e. The smallest absolute Gasteiger partial charge is 0.248 e. The minimum Gasteiger partial charge on any atom is -0.465 e. The molecule has 4 nitrogen and oxygen atoms in total. The van der Waals surface area contributed by atoms with E-state index < -0.39 is 0 Å². The summed E-state index contributed by atoms with van der Waals surface area (Å²) in [7, 11) is 0. The van der Waals surface area contributed by atoms with E-state index in [1.54, 1.807) is 6.07 Å². The molecule has 0 bridgehead atoms. The van der Waals surface area contributed by atoms with Gasteiger partial charge >= 0.3 is 0 Å². The lowest BCUT2D eigenvalue weighted by atomic mass is 9.92. The Labute approximate surface area is 111 Å².